The molecule has 0 aliphatic carbocycles. The predicted molar refractivity (Wildman–Crippen MR) is 117 cm³/mol. The molecule has 0 radical (unpaired) electrons. The van der Waals surface area contributed by atoms with Gasteiger partial charge in [-0.15, -0.1) is 0 Å². The lowest BCUT2D eigenvalue weighted by molar-refractivity contribution is -0.120. The molecule has 0 aliphatic rings. The van der Waals surface area contributed by atoms with Crippen LogP contribution in [0.2, 0.25) is 0 Å². The molecule has 0 spiro atoms. The zero-order valence-corrected chi connectivity index (χ0v) is 17.2. The van der Waals surface area contributed by atoms with Crippen LogP contribution in [-0.2, 0) is 17.6 Å². The van der Waals surface area contributed by atoms with Gasteiger partial charge in [-0.2, -0.15) is 10.2 Å². The molecule has 0 fully saturated rings. The molecular weight excluding hydrogens is 374 g/mol. The van der Waals surface area contributed by atoms with Crippen LogP contribution in [0.5, 0.6) is 0 Å². The molecule has 6 nitrogen and oxygen atoms in total. The average molecular weight is 399 g/mol. The number of hydrogen-bond donors (Lipinski definition) is 1. The van der Waals surface area contributed by atoms with Crippen LogP contribution >= 0.6 is 0 Å². The summed E-state index contributed by atoms with van der Waals surface area (Å²) in [5, 5.41) is 12.0. The molecule has 1 N–H and O–H groups in total. The highest BCUT2D eigenvalue weighted by atomic mass is 16.1. The SMILES string of the molecule is Cc1nn(-c2ccccc2)c(C)c1CC(=O)NCCc1cnn(-c2ccccc2)c1. The number of hydrogen-bond acceptors (Lipinski definition) is 3. The molecule has 0 bridgehead atoms. The Hall–Kier alpha value is -3.67. The van der Waals surface area contributed by atoms with Crippen molar-refractivity contribution >= 4 is 5.91 Å². The Morgan fingerprint density at radius 1 is 0.967 bits per heavy atom. The fourth-order valence-corrected chi connectivity index (χ4v) is 3.53. The number of nitrogens with one attached hydrogen (secondary N) is 1. The predicted octanol–water partition coefficient (Wildman–Crippen LogP) is 3.58. The third kappa shape index (κ3) is 4.33. The van der Waals surface area contributed by atoms with Crippen molar-refractivity contribution in [2.75, 3.05) is 6.54 Å². The van der Waals surface area contributed by atoms with Crippen LogP contribution in [0.1, 0.15) is 22.5 Å². The van der Waals surface area contributed by atoms with Gasteiger partial charge < -0.3 is 5.32 Å². The van der Waals surface area contributed by atoms with E-state index in [0.717, 1.165) is 40.3 Å². The van der Waals surface area contributed by atoms with Crippen LogP contribution in [0.15, 0.2) is 73.1 Å². The fourth-order valence-electron chi connectivity index (χ4n) is 3.53. The fraction of sp³-hybridized carbons (Fsp3) is 0.208. The Bertz CT molecular complexity index is 1130. The number of rotatable bonds is 7. The van der Waals surface area contributed by atoms with Crippen molar-refractivity contribution in [3.05, 3.63) is 95.6 Å². The van der Waals surface area contributed by atoms with Crippen molar-refractivity contribution in [3.8, 4) is 11.4 Å². The lowest BCUT2D eigenvalue weighted by Crippen LogP contribution is -2.27. The van der Waals surface area contributed by atoms with Crippen LogP contribution in [0.25, 0.3) is 11.4 Å². The van der Waals surface area contributed by atoms with E-state index in [2.05, 4.69) is 15.5 Å². The van der Waals surface area contributed by atoms with Crippen LogP contribution in [0.4, 0.5) is 0 Å². The zero-order valence-electron chi connectivity index (χ0n) is 17.2. The van der Waals surface area contributed by atoms with Gasteiger partial charge in [-0.3, -0.25) is 4.79 Å². The van der Waals surface area contributed by atoms with Gasteiger partial charge >= 0.3 is 0 Å². The van der Waals surface area contributed by atoms with Crippen LogP contribution < -0.4 is 5.32 Å². The van der Waals surface area contributed by atoms with Crippen LogP contribution in [-0.4, -0.2) is 32.0 Å². The van der Waals surface area contributed by atoms with Gasteiger partial charge in [0.1, 0.15) is 0 Å². The Morgan fingerprint density at radius 2 is 1.63 bits per heavy atom. The third-order valence-electron chi connectivity index (χ3n) is 5.17. The lowest BCUT2D eigenvalue weighted by atomic mass is 10.1. The molecule has 1 amide bonds. The number of para-hydroxylation sites is 2. The summed E-state index contributed by atoms with van der Waals surface area (Å²) >= 11 is 0. The number of amides is 1. The monoisotopic (exact) mass is 399 g/mol. The molecule has 2 aromatic heterocycles. The van der Waals surface area contributed by atoms with Gasteiger partial charge in [0, 0.05) is 24.0 Å². The Labute approximate surface area is 176 Å². The first-order valence-electron chi connectivity index (χ1n) is 10.1. The van der Waals surface area contributed by atoms with E-state index in [4.69, 9.17) is 0 Å². The van der Waals surface area contributed by atoms with Gasteiger partial charge in [0.2, 0.25) is 5.91 Å². The molecule has 152 valence electrons. The molecular formula is C24H25N5O. The highest BCUT2D eigenvalue weighted by molar-refractivity contribution is 5.79. The maximum Gasteiger partial charge on any atom is 0.224 e. The second-order valence-corrected chi connectivity index (χ2v) is 7.30. The van der Waals surface area contributed by atoms with E-state index in [-0.39, 0.29) is 5.91 Å². The molecule has 2 heterocycles. The molecule has 6 heteroatoms. The first-order valence-corrected chi connectivity index (χ1v) is 10.1. The Balaban J connectivity index is 1.34. The summed E-state index contributed by atoms with van der Waals surface area (Å²) in [4.78, 5) is 12.5. The molecule has 2 aromatic carbocycles. The number of carbonyl (C=O) groups excluding carboxylic acids is 1. The van der Waals surface area contributed by atoms with Crippen molar-refractivity contribution in [1.29, 1.82) is 0 Å². The smallest absolute Gasteiger partial charge is 0.224 e. The minimum Gasteiger partial charge on any atom is -0.355 e. The quantitative estimate of drug-likeness (QED) is 0.517. The van der Waals surface area contributed by atoms with E-state index < -0.39 is 0 Å². The number of carbonyl (C=O) groups is 1. The van der Waals surface area contributed by atoms with E-state index >= 15 is 0 Å². The molecule has 0 saturated carbocycles. The number of aryl methyl sites for hydroxylation is 1. The number of nitrogens with zero attached hydrogens (tertiary/aromatic N) is 4. The van der Waals surface area contributed by atoms with Crippen molar-refractivity contribution in [1.82, 2.24) is 24.9 Å². The van der Waals surface area contributed by atoms with E-state index in [1.165, 1.54) is 0 Å². The van der Waals surface area contributed by atoms with Crippen molar-refractivity contribution in [3.63, 3.8) is 0 Å². The summed E-state index contributed by atoms with van der Waals surface area (Å²) in [7, 11) is 0. The van der Waals surface area contributed by atoms with Crippen molar-refractivity contribution in [2.24, 2.45) is 0 Å². The largest absolute Gasteiger partial charge is 0.355 e. The average Bonchev–Trinajstić information content (AvgIpc) is 3.35. The van der Waals surface area contributed by atoms with E-state index in [1.54, 1.807) is 0 Å². The number of benzene rings is 2. The lowest BCUT2D eigenvalue weighted by Gasteiger charge is -2.06. The second kappa shape index (κ2) is 8.78. The summed E-state index contributed by atoms with van der Waals surface area (Å²) in [5.41, 5.74) is 5.97. The maximum atomic E-state index is 12.5. The van der Waals surface area contributed by atoms with Gasteiger partial charge in [-0.25, -0.2) is 9.36 Å². The van der Waals surface area contributed by atoms with E-state index in [9.17, 15) is 4.79 Å². The number of aromatic nitrogens is 4. The highest BCUT2D eigenvalue weighted by Crippen LogP contribution is 2.18. The van der Waals surface area contributed by atoms with Crippen LogP contribution in [0, 0.1) is 13.8 Å². The Morgan fingerprint density at radius 3 is 2.33 bits per heavy atom. The zero-order chi connectivity index (χ0) is 20.9. The molecule has 0 aliphatic heterocycles. The molecule has 0 saturated heterocycles. The summed E-state index contributed by atoms with van der Waals surface area (Å²) in [6.45, 7) is 4.53. The van der Waals surface area contributed by atoms with Gasteiger partial charge in [-0.1, -0.05) is 36.4 Å². The van der Waals surface area contributed by atoms with Gasteiger partial charge in [0.25, 0.3) is 0 Å². The summed E-state index contributed by atoms with van der Waals surface area (Å²) in [6, 6.07) is 20.0. The third-order valence-corrected chi connectivity index (χ3v) is 5.17. The first-order chi connectivity index (χ1) is 14.6. The topological polar surface area (TPSA) is 64.7 Å². The summed E-state index contributed by atoms with van der Waals surface area (Å²) < 4.78 is 3.75. The van der Waals surface area contributed by atoms with Crippen molar-refractivity contribution < 1.29 is 4.79 Å². The van der Waals surface area contributed by atoms with Gasteiger partial charge in [0.05, 0.1) is 29.7 Å². The molecule has 0 atom stereocenters. The summed E-state index contributed by atoms with van der Waals surface area (Å²) in [6.07, 6.45) is 4.91. The molecule has 4 rings (SSSR count). The van der Waals surface area contributed by atoms with Gasteiger partial charge in [-0.05, 0) is 50.1 Å². The normalized spacial score (nSPS) is 10.9. The minimum atomic E-state index is 0.00395. The molecule has 30 heavy (non-hydrogen) atoms. The summed E-state index contributed by atoms with van der Waals surface area (Å²) in [5.74, 6) is 0.00395. The maximum absolute atomic E-state index is 12.5. The Kier molecular flexibility index (Phi) is 5.75. The standard InChI is InChI=1S/C24H25N5O/c1-18-23(19(2)29(27-18)22-11-7-4-8-12-22)15-24(30)25-14-13-20-16-26-28(17-20)21-9-5-3-6-10-21/h3-12,16-17H,13-15H2,1-2H3,(H,25,30). The molecule has 0 unspecified atom stereocenters. The van der Waals surface area contributed by atoms with Crippen molar-refractivity contribution in [2.45, 2.75) is 26.7 Å². The highest BCUT2D eigenvalue weighted by Gasteiger charge is 2.15. The first kappa shape index (κ1) is 19.6. The molecule has 4 aromatic rings. The van der Waals surface area contributed by atoms with E-state index in [0.29, 0.717) is 13.0 Å². The van der Waals surface area contributed by atoms with Crippen LogP contribution in [0.3, 0.4) is 0 Å². The minimum absolute atomic E-state index is 0.00395. The van der Waals surface area contributed by atoms with E-state index in [1.807, 2.05) is 96.3 Å². The second-order valence-electron chi connectivity index (χ2n) is 7.30. The van der Waals surface area contributed by atoms with Gasteiger partial charge in [0.15, 0.2) is 0 Å².